The summed E-state index contributed by atoms with van der Waals surface area (Å²) in [4.78, 5) is 11.2. The van der Waals surface area contributed by atoms with Gasteiger partial charge in [0.15, 0.2) is 17.4 Å². The first-order chi connectivity index (χ1) is 9.64. The first kappa shape index (κ1) is 20.6. The fraction of sp³-hybridized carbons (Fsp3) is 0.800. The second kappa shape index (κ2) is 10.3. The molecular weight excluding hydrogens is 300 g/mol. The van der Waals surface area contributed by atoms with Crippen molar-refractivity contribution in [1.82, 2.24) is 0 Å². The molecule has 0 aliphatic rings. The topological polar surface area (TPSA) is 44.8 Å². The van der Waals surface area contributed by atoms with E-state index in [1.807, 2.05) is 0 Å². The van der Waals surface area contributed by atoms with Crippen LogP contribution in [0.4, 0.5) is 0 Å². The van der Waals surface area contributed by atoms with Crippen molar-refractivity contribution < 1.29 is 18.4 Å². The smallest absolute Gasteiger partial charge is 0.333 e. The van der Waals surface area contributed by atoms with E-state index < -0.39 is 17.4 Å². The van der Waals surface area contributed by atoms with Gasteiger partial charge in [-0.3, -0.25) is 0 Å². The van der Waals surface area contributed by atoms with Crippen LogP contribution in [0.15, 0.2) is 12.2 Å². The van der Waals surface area contributed by atoms with Crippen molar-refractivity contribution in [2.45, 2.75) is 65.0 Å². The molecule has 6 heteroatoms. The summed E-state index contributed by atoms with van der Waals surface area (Å²) in [5.41, 5.74) is 0.454. The van der Waals surface area contributed by atoms with Gasteiger partial charge in [-0.2, -0.15) is 0 Å². The third-order valence-corrected chi connectivity index (χ3v) is 9.80. The van der Waals surface area contributed by atoms with Crippen molar-refractivity contribution >= 4 is 23.3 Å². The molecule has 0 heterocycles. The van der Waals surface area contributed by atoms with E-state index in [2.05, 4.69) is 40.1 Å². The summed E-state index contributed by atoms with van der Waals surface area (Å²) in [6, 6.07) is 2.07. The average molecular weight is 333 g/mol. The average Bonchev–Trinajstić information content (AvgIpc) is 2.32. The number of hydrogen-bond donors (Lipinski definition) is 0. The third-order valence-electron chi connectivity index (χ3n) is 3.01. The maximum Gasteiger partial charge on any atom is 0.333 e. The van der Waals surface area contributed by atoms with Crippen LogP contribution in [0.2, 0.25) is 31.7 Å². The number of rotatable bonds is 11. The van der Waals surface area contributed by atoms with E-state index in [1.165, 1.54) is 0 Å². The van der Waals surface area contributed by atoms with Crippen LogP contribution in [-0.2, 0) is 18.4 Å². The van der Waals surface area contributed by atoms with Crippen molar-refractivity contribution in [2.75, 3.05) is 13.2 Å². The van der Waals surface area contributed by atoms with Gasteiger partial charge in [-0.05, 0) is 58.9 Å². The molecule has 21 heavy (non-hydrogen) atoms. The molecule has 0 bridgehead atoms. The Kier molecular flexibility index (Phi) is 10.1. The molecule has 0 spiro atoms. The summed E-state index contributed by atoms with van der Waals surface area (Å²) in [7, 11) is -2.81. The Hall–Kier alpha value is -0.436. The molecule has 0 radical (unpaired) electrons. The molecule has 0 rings (SSSR count). The molecule has 0 aromatic carbocycles. The van der Waals surface area contributed by atoms with Crippen LogP contribution in [0, 0.1) is 0 Å². The number of esters is 1. The van der Waals surface area contributed by atoms with E-state index in [1.54, 1.807) is 6.92 Å². The molecule has 0 saturated heterocycles. The first-order valence-electron chi connectivity index (χ1n) is 7.76. The molecule has 0 N–H and O–H groups in total. The molecule has 1 atom stereocenters. The minimum Gasteiger partial charge on any atom is -0.462 e. The Balaban J connectivity index is 3.83. The van der Waals surface area contributed by atoms with Crippen LogP contribution in [-0.4, -0.2) is 42.6 Å². The lowest BCUT2D eigenvalue weighted by atomic mass is 10.4. The van der Waals surface area contributed by atoms with Gasteiger partial charge < -0.3 is 13.6 Å². The molecule has 0 aromatic heterocycles. The highest BCUT2D eigenvalue weighted by atomic mass is 28.4. The van der Waals surface area contributed by atoms with E-state index in [-0.39, 0.29) is 12.1 Å². The van der Waals surface area contributed by atoms with Crippen molar-refractivity contribution in [1.29, 1.82) is 0 Å². The largest absolute Gasteiger partial charge is 0.462 e. The predicted molar refractivity (Wildman–Crippen MR) is 92.7 cm³/mol. The molecule has 0 aliphatic heterocycles. The number of carbonyl (C=O) groups is 1. The molecule has 0 fully saturated rings. The molecule has 1 unspecified atom stereocenters. The van der Waals surface area contributed by atoms with E-state index in [0.717, 1.165) is 25.1 Å². The van der Waals surface area contributed by atoms with Gasteiger partial charge in [-0.15, -0.1) is 0 Å². The van der Waals surface area contributed by atoms with Crippen LogP contribution >= 0.6 is 0 Å². The molecule has 0 aliphatic carbocycles. The Morgan fingerprint density at radius 2 is 1.90 bits per heavy atom. The predicted octanol–water partition coefficient (Wildman–Crippen LogP) is 3.50. The van der Waals surface area contributed by atoms with Gasteiger partial charge >= 0.3 is 5.97 Å². The van der Waals surface area contributed by atoms with E-state index >= 15 is 0 Å². The third kappa shape index (κ3) is 11.9. The number of carbonyl (C=O) groups excluding carboxylic acids is 1. The lowest BCUT2D eigenvalue weighted by molar-refractivity contribution is -0.138. The van der Waals surface area contributed by atoms with Crippen molar-refractivity contribution in [3.63, 3.8) is 0 Å². The van der Waals surface area contributed by atoms with Gasteiger partial charge in [0.25, 0.3) is 0 Å². The van der Waals surface area contributed by atoms with Crippen LogP contribution in [0.3, 0.4) is 0 Å². The zero-order valence-electron chi connectivity index (χ0n) is 14.5. The Labute approximate surface area is 132 Å². The Morgan fingerprint density at radius 3 is 2.43 bits per heavy atom. The minimum atomic E-state index is -1.62. The van der Waals surface area contributed by atoms with Gasteiger partial charge in [0.05, 0.1) is 12.7 Å². The SMILES string of the molecule is C=C(C)C(=O)OCCC[SiH](C)O[Si](C)(C)CCOC(C)C. The van der Waals surface area contributed by atoms with Gasteiger partial charge in [0.1, 0.15) is 0 Å². The summed E-state index contributed by atoms with van der Waals surface area (Å²) in [5.74, 6) is -0.300. The van der Waals surface area contributed by atoms with Crippen molar-refractivity contribution in [3.8, 4) is 0 Å². The molecular formula is C15H32O4Si2. The highest BCUT2D eigenvalue weighted by Gasteiger charge is 2.25. The molecule has 0 saturated carbocycles. The summed E-state index contributed by atoms with van der Waals surface area (Å²) in [6.07, 6.45) is 1.16. The van der Waals surface area contributed by atoms with E-state index in [4.69, 9.17) is 13.6 Å². The standard InChI is InChI=1S/C15H32O4Si2/c1-13(2)15(16)18-9-8-11-20(5)19-21(6,7)12-10-17-14(3)4/h14,20H,1,8-12H2,2-7H3. The van der Waals surface area contributed by atoms with Crippen molar-refractivity contribution in [3.05, 3.63) is 12.2 Å². The maximum atomic E-state index is 11.2. The van der Waals surface area contributed by atoms with Gasteiger partial charge in [-0.25, -0.2) is 4.79 Å². The van der Waals surface area contributed by atoms with Gasteiger partial charge in [0.2, 0.25) is 0 Å². The lowest BCUT2D eigenvalue weighted by Crippen LogP contribution is -2.37. The first-order valence-corrected chi connectivity index (χ1v) is 13.3. The number of hydrogen-bond acceptors (Lipinski definition) is 4. The van der Waals surface area contributed by atoms with Crippen LogP contribution < -0.4 is 0 Å². The summed E-state index contributed by atoms with van der Waals surface area (Å²) < 4.78 is 17.0. The quantitative estimate of drug-likeness (QED) is 0.251. The normalized spacial score (nSPS) is 13.3. The Bertz CT molecular complexity index is 330. The lowest BCUT2D eigenvalue weighted by Gasteiger charge is -2.27. The fourth-order valence-corrected chi connectivity index (χ4v) is 8.51. The summed E-state index contributed by atoms with van der Waals surface area (Å²) >= 11 is 0. The maximum absolute atomic E-state index is 11.2. The van der Waals surface area contributed by atoms with E-state index in [0.29, 0.717) is 12.2 Å². The van der Waals surface area contributed by atoms with Gasteiger partial charge in [-0.1, -0.05) is 6.58 Å². The zero-order valence-corrected chi connectivity index (χ0v) is 16.7. The second-order valence-electron chi connectivity index (χ2n) is 6.42. The van der Waals surface area contributed by atoms with Crippen LogP contribution in [0.5, 0.6) is 0 Å². The highest BCUT2D eigenvalue weighted by Crippen LogP contribution is 2.15. The number of ether oxygens (including phenoxy) is 2. The minimum absolute atomic E-state index is 0.285. The summed E-state index contributed by atoms with van der Waals surface area (Å²) in [6.45, 7) is 17.3. The molecule has 0 amide bonds. The molecule has 0 aromatic rings. The molecule has 4 nitrogen and oxygen atoms in total. The van der Waals surface area contributed by atoms with Gasteiger partial charge in [0, 0.05) is 12.2 Å². The van der Waals surface area contributed by atoms with Crippen molar-refractivity contribution in [2.24, 2.45) is 0 Å². The highest BCUT2D eigenvalue weighted by molar-refractivity contribution is 6.78. The van der Waals surface area contributed by atoms with Crippen LogP contribution in [0.25, 0.3) is 0 Å². The second-order valence-corrected chi connectivity index (χ2v) is 13.6. The zero-order chi connectivity index (χ0) is 16.5. The fourth-order valence-electron chi connectivity index (χ4n) is 1.86. The summed E-state index contributed by atoms with van der Waals surface area (Å²) in [5, 5.41) is 0. The van der Waals surface area contributed by atoms with Crippen LogP contribution in [0.1, 0.15) is 27.2 Å². The molecule has 124 valence electrons. The Morgan fingerprint density at radius 1 is 1.29 bits per heavy atom. The van der Waals surface area contributed by atoms with E-state index in [9.17, 15) is 4.79 Å². The monoisotopic (exact) mass is 332 g/mol.